The Morgan fingerprint density at radius 1 is 1.30 bits per heavy atom. The van der Waals surface area contributed by atoms with E-state index in [2.05, 4.69) is 22.3 Å². The van der Waals surface area contributed by atoms with Crippen LogP contribution in [0, 0.1) is 0 Å². The Morgan fingerprint density at radius 2 is 1.95 bits per heavy atom. The quantitative estimate of drug-likeness (QED) is 0.858. The monoisotopic (exact) mass is 274 g/mol. The highest BCUT2D eigenvalue weighted by molar-refractivity contribution is 5.99. The van der Waals surface area contributed by atoms with Gasteiger partial charge < -0.3 is 15.0 Å². The van der Waals surface area contributed by atoms with Crippen molar-refractivity contribution in [3.63, 3.8) is 0 Å². The van der Waals surface area contributed by atoms with Gasteiger partial charge in [-0.3, -0.25) is 4.79 Å². The molecule has 0 aromatic heterocycles. The van der Waals surface area contributed by atoms with Crippen molar-refractivity contribution in [3.8, 4) is 0 Å². The summed E-state index contributed by atoms with van der Waals surface area (Å²) in [5.74, 6) is -0.0961. The number of ether oxygens (including phenoxy) is 1. The van der Waals surface area contributed by atoms with E-state index >= 15 is 0 Å². The second-order valence-electron chi connectivity index (χ2n) is 4.96. The van der Waals surface area contributed by atoms with E-state index in [1.807, 2.05) is 19.1 Å². The number of anilines is 2. The molecule has 1 aliphatic rings. The summed E-state index contributed by atoms with van der Waals surface area (Å²) in [5.41, 5.74) is 2.02. The molecule has 1 amide bonds. The average Bonchev–Trinajstić information content (AvgIpc) is 2.48. The molecule has 2 rings (SSSR count). The molecular formula is C16H22N2O2. The molecule has 1 aromatic carbocycles. The molecule has 0 bridgehead atoms. The molecular weight excluding hydrogens is 252 g/mol. The number of piperidine rings is 1. The first kappa shape index (κ1) is 14.6. The number of benzene rings is 1. The van der Waals surface area contributed by atoms with E-state index in [-0.39, 0.29) is 5.91 Å². The summed E-state index contributed by atoms with van der Waals surface area (Å²) >= 11 is 0. The van der Waals surface area contributed by atoms with Crippen molar-refractivity contribution in [2.75, 3.05) is 30.4 Å². The topological polar surface area (TPSA) is 41.6 Å². The van der Waals surface area contributed by atoms with Gasteiger partial charge in [-0.05, 0) is 50.1 Å². The highest BCUT2D eigenvalue weighted by atomic mass is 16.5. The Hall–Kier alpha value is -1.81. The lowest BCUT2D eigenvalue weighted by molar-refractivity contribution is -0.111. The maximum absolute atomic E-state index is 11.4. The third-order valence-corrected chi connectivity index (χ3v) is 3.59. The Bertz CT molecular complexity index is 460. The highest BCUT2D eigenvalue weighted by Gasteiger charge is 2.18. The minimum absolute atomic E-state index is 0.0961. The molecule has 4 heteroatoms. The number of amides is 1. The molecule has 20 heavy (non-hydrogen) atoms. The molecule has 1 heterocycles. The molecule has 108 valence electrons. The van der Waals surface area contributed by atoms with Gasteiger partial charge in [-0.2, -0.15) is 0 Å². The highest BCUT2D eigenvalue weighted by Crippen LogP contribution is 2.22. The zero-order chi connectivity index (χ0) is 14.4. The molecule has 4 nitrogen and oxygen atoms in total. The van der Waals surface area contributed by atoms with E-state index in [1.54, 1.807) is 13.2 Å². The Labute approximate surface area is 120 Å². The van der Waals surface area contributed by atoms with Crippen molar-refractivity contribution in [1.82, 2.24) is 0 Å². The van der Waals surface area contributed by atoms with Crippen molar-refractivity contribution in [3.05, 3.63) is 36.4 Å². The fourth-order valence-electron chi connectivity index (χ4n) is 2.44. The van der Waals surface area contributed by atoms with E-state index in [4.69, 9.17) is 4.74 Å². The molecule has 1 fully saturated rings. The van der Waals surface area contributed by atoms with Crippen molar-refractivity contribution >= 4 is 17.3 Å². The summed E-state index contributed by atoms with van der Waals surface area (Å²) in [7, 11) is 1.78. The molecule has 0 radical (unpaired) electrons. The van der Waals surface area contributed by atoms with Gasteiger partial charge in [0, 0.05) is 31.6 Å². The third-order valence-electron chi connectivity index (χ3n) is 3.59. The SMILES string of the molecule is CC=CC(=O)Nc1ccc(N2CCC(OC)CC2)cc1. The Kier molecular flexibility index (Phi) is 5.18. The van der Waals surface area contributed by atoms with Crippen LogP contribution in [0.5, 0.6) is 0 Å². The van der Waals surface area contributed by atoms with E-state index < -0.39 is 0 Å². The first-order valence-electron chi connectivity index (χ1n) is 7.04. The molecule has 1 N–H and O–H groups in total. The van der Waals surface area contributed by atoms with Crippen LogP contribution >= 0.6 is 0 Å². The van der Waals surface area contributed by atoms with Gasteiger partial charge in [0.15, 0.2) is 0 Å². The summed E-state index contributed by atoms with van der Waals surface area (Å²) in [5, 5.41) is 2.82. The van der Waals surface area contributed by atoms with Gasteiger partial charge in [-0.25, -0.2) is 0 Å². The van der Waals surface area contributed by atoms with Gasteiger partial charge in [0.1, 0.15) is 0 Å². The maximum atomic E-state index is 11.4. The Morgan fingerprint density at radius 3 is 2.50 bits per heavy atom. The van der Waals surface area contributed by atoms with E-state index in [0.29, 0.717) is 6.10 Å². The minimum Gasteiger partial charge on any atom is -0.381 e. The van der Waals surface area contributed by atoms with E-state index in [0.717, 1.165) is 31.6 Å². The summed E-state index contributed by atoms with van der Waals surface area (Å²) in [6, 6.07) is 8.00. The fraction of sp³-hybridized carbons (Fsp3) is 0.438. The number of carbonyl (C=O) groups excluding carboxylic acids is 1. The van der Waals surface area contributed by atoms with Crippen LogP contribution in [0.4, 0.5) is 11.4 Å². The van der Waals surface area contributed by atoms with Gasteiger partial charge in [0.2, 0.25) is 5.91 Å². The van der Waals surface area contributed by atoms with Crippen molar-refractivity contribution < 1.29 is 9.53 Å². The number of hydrogen-bond acceptors (Lipinski definition) is 3. The summed E-state index contributed by atoms with van der Waals surface area (Å²) in [6.45, 7) is 3.86. The van der Waals surface area contributed by atoms with Crippen molar-refractivity contribution in [1.29, 1.82) is 0 Å². The first-order chi connectivity index (χ1) is 9.72. The lowest BCUT2D eigenvalue weighted by Crippen LogP contribution is -2.36. The van der Waals surface area contributed by atoms with Crippen molar-refractivity contribution in [2.24, 2.45) is 0 Å². The number of nitrogens with one attached hydrogen (secondary N) is 1. The van der Waals surface area contributed by atoms with Crippen LogP contribution in [0.3, 0.4) is 0 Å². The van der Waals surface area contributed by atoms with Gasteiger partial charge in [-0.1, -0.05) is 6.08 Å². The number of hydrogen-bond donors (Lipinski definition) is 1. The van der Waals surface area contributed by atoms with Crippen LogP contribution in [0.1, 0.15) is 19.8 Å². The van der Waals surface area contributed by atoms with Gasteiger partial charge in [0.25, 0.3) is 0 Å². The lowest BCUT2D eigenvalue weighted by Gasteiger charge is -2.33. The normalized spacial score (nSPS) is 16.6. The first-order valence-corrected chi connectivity index (χ1v) is 7.04. The Balaban J connectivity index is 1.93. The molecule has 0 unspecified atom stereocenters. The third kappa shape index (κ3) is 3.84. The zero-order valence-corrected chi connectivity index (χ0v) is 12.1. The van der Waals surface area contributed by atoms with Crippen LogP contribution in [-0.2, 0) is 9.53 Å². The van der Waals surface area contributed by atoms with Crippen molar-refractivity contribution in [2.45, 2.75) is 25.9 Å². The number of nitrogens with zero attached hydrogens (tertiary/aromatic N) is 1. The molecule has 0 saturated carbocycles. The predicted molar refractivity (Wildman–Crippen MR) is 82.1 cm³/mol. The largest absolute Gasteiger partial charge is 0.381 e. The summed E-state index contributed by atoms with van der Waals surface area (Å²) in [6.07, 6.45) is 5.77. The van der Waals surface area contributed by atoms with Gasteiger partial charge in [0.05, 0.1) is 6.10 Å². The molecule has 1 saturated heterocycles. The molecule has 1 aromatic rings. The molecule has 0 spiro atoms. The fourth-order valence-corrected chi connectivity index (χ4v) is 2.44. The van der Waals surface area contributed by atoms with Crippen LogP contribution in [0.25, 0.3) is 0 Å². The minimum atomic E-state index is -0.0961. The second-order valence-corrected chi connectivity index (χ2v) is 4.96. The number of carbonyl (C=O) groups is 1. The predicted octanol–water partition coefficient (Wildman–Crippen LogP) is 2.82. The average molecular weight is 274 g/mol. The lowest BCUT2D eigenvalue weighted by atomic mass is 10.1. The van der Waals surface area contributed by atoms with Crippen LogP contribution in [-0.4, -0.2) is 32.2 Å². The van der Waals surface area contributed by atoms with Crippen LogP contribution in [0.15, 0.2) is 36.4 Å². The molecule has 1 aliphatic heterocycles. The van der Waals surface area contributed by atoms with Gasteiger partial charge in [-0.15, -0.1) is 0 Å². The summed E-state index contributed by atoms with van der Waals surface area (Å²) < 4.78 is 5.38. The van der Waals surface area contributed by atoms with Gasteiger partial charge >= 0.3 is 0 Å². The zero-order valence-electron chi connectivity index (χ0n) is 12.1. The van der Waals surface area contributed by atoms with Crippen LogP contribution in [0.2, 0.25) is 0 Å². The maximum Gasteiger partial charge on any atom is 0.248 e. The molecule has 0 aliphatic carbocycles. The molecule has 0 atom stereocenters. The van der Waals surface area contributed by atoms with Crippen LogP contribution < -0.4 is 10.2 Å². The standard InChI is InChI=1S/C16H22N2O2/c1-3-4-16(19)17-13-5-7-14(8-6-13)18-11-9-15(20-2)10-12-18/h3-8,15H,9-12H2,1-2H3,(H,17,19). The van der Waals surface area contributed by atoms with E-state index in [9.17, 15) is 4.79 Å². The number of allylic oxidation sites excluding steroid dienone is 1. The number of methoxy groups -OCH3 is 1. The smallest absolute Gasteiger partial charge is 0.248 e. The summed E-state index contributed by atoms with van der Waals surface area (Å²) in [4.78, 5) is 13.8. The second kappa shape index (κ2) is 7.10. The number of rotatable bonds is 4. The van der Waals surface area contributed by atoms with E-state index in [1.165, 1.54) is 11.8 Å².